The fraction of sp³-hybridized carbons (Fsp3) is 0.846. The van der Waals surface area contributed by atoms with Crippen molar-refractivity contribution >= 4 is 5.97 Å². The molecule has 0 aromatic carbocycles. The third-order valence-electron chi connectivity index (χ3n) is 7.98. The van der Waals surface area contributed by atoms with Gasteiger partial charge in [0.05, 0.1) is 11.1 Å². The smallest absolute Gasteiger partial charge is 0.310 e. The van der Waals surface area contributed by atoms with E-state index in [4.69, 9.17) is 5.10 Å². The molecular formula is C26H48N4O2. The number of carbonyl (C=O) groups is 1. The van der Waals surface area contributed by atoms with Crippen LogP contribution in [0.25, 0.3) is 0 Å². The third-order valence-corrected chi connectivity index (χ3v) is 7.98. The second-order valence-electron chi connectivity index (χ2n) is 10.9. The molecule has 0 radical (unpaired) electrons. The van der Waals surface area contributed by atoms with Crippen molar-refractivity contribution in [3.8, 4) is 0 Å². The van der Waals surface area contributed by atoms with Gasteiger partial charge in [0, 0.05) is 31.4 Å². The van der Waals surface area contributed by atoms with Crippen molar-refractivity contribution in [2.24, 2.45) is 17.3 Å². The van der Waals surface area contributed by atoms with E-state index in [0.717, 1.165) is 32.6 Å². The molecule has 1 aromatic heterocycles. The van der Waals surface area contributed by atoms with Gasteiger partial charge in [0.25, 0.3) is 0 Å². The number of aliphatic carboxylic acids is 1. The van der Waals surface area contributed by atoms with Crippen LogP contribution in [-0.4, -0.2) is 69.9 Å². The Morgan fingerprint density at radius 3 is 2.31 bits per heavy atom. The van der Waals surface area contributed by atoms with Crippen molar-refractivity contribution in [3.05, 3.63) is 17.0 Å². The lowest BCUT2D eigenvalue weighted by molar-refractivity contribution is -0.147. The van der Waals surface area contributed by atoms with Gasteiger partial charge in [0.1, 0.15) is 0 Å². The Kier molecular flexibility index (Phi) is 9.35. The summed E-state index contributed by atoms with van der Waals surface area (Å²) in [5.74, 6) is 0.963. The Morgan fingerprint density at radius 1 is 1.22 bits per heavy atom. The monoisotopic (exact) mass is 448 g/mol. The van der Waals surface area contributed by atoms with Crippen LogP contribution in [-0.2, 0) is 17.8 Å². The number of carboxylic acid groups (broad SMARTS) is 1. The zero-order chi connectivity index (χ0) is 24.2. The number of aryl methyl sites for hydroxylation is 2. The molecule has 0 aliphatic carbocycles. The molecule has 6 nitrogen and oxygen atoms in total. The lowest BCUT2D eigenvalue weighted by Gasteiger charge is -2.41. The first-order valence-corrected chi connectivity index (χ1v) is 12.6. The highest BCUT2D eigenvalue weighted by Gasteiger charge is 2.33. The fourth-order valence-corrected chi connectivity index (χ4v) is 5.59. The van der Waals surface area contributed by atoms with E-state index < -0.39 is 11.4 Å². The van der Waals surface area contributed by atoms with Crippen LogP contribution < -0.4 is 0 Å². The second-order valence-corrected chi connectivity index (χ2v) is 10.9. The van der Waals surface area contributed by atoms with E-state index in [1.54, 1.807) is 0 Å². The van der Waals surface area contributed by atoms with Gasteiger partial charge in [0.2, 0.25) is 0 Å². The summed E-state index contributed by atoms with van der Waals surface area (Å²) in [6.45, 7) is 22.0. The minimum absolute atomic E-state index is 0.508. The first-order valence-electron chi connectivity index (χ1n) is 12.6. The zero-order valence-electron chi connectivity index (χ0n) is 22.1. The Hall–Kier alpha value is -1.40. The molecule has 1 saturated heterocycles. The SMILES string of the molecule is CCc1nn(CC)c(C)c1C1CCN([C@H](C)[C@@H](C)C(C)CN(C)CC(C)(C)C(=O)O)CC1. The van der Waals surface area contributed by atoms with Gasteiger partial charge in [-0.05, 0) is 97.3 Å². The normalized spacial score (nSPS) is 19.3. The highest BCUT2D eigenvalue weighted by molar-refractivity contribution is 5.73. The molecule has 1 fully saturated rings. The van der Waals surface area contributed by atoms with E-state index in [0.29, 0.717) is 30.3 Å². The van der Waals surface area contributed by atoms with Gasteiger partial charge in [-0.1, -0.05) is 20.8 Å². The van der Waals surface area contributed by atoms with E-state index >= 15 is 0 Å². The molecule has 1 aliphatic heterocycles. The summed E-state index contributed by atoms with van der Waals surface area (Å²) in [7, 11) is 2.05. The summed E-state index contributed by atoms with van der Waals surface area (Å²) < 4.78 is 2.18. The Morgan fingerprint density at radius 2 is 1.81 bits per heavy atom. The summed E-state index contributed by atoms with van der Waals surface area (Å²) in [5, 5.41) is 14.3. The predicted molar refractivity (Wildman–Crippen MR) is 132 cm³/mol. The van der Waals surface area contributed by atoms with E-state index in [1.807, 2.05) is 20.9 Å². The van der Waals surface area contributed by atoms with E-state index in [2.05, 4.69) is 56.0 Å². The molecule has 184 valence electrons. The van der Waals surface area contributed by atoms with Gasteiger partial charge in [-0.15, -0.1) is 0 Å². The van der Waals surface area contributed by atoms with Crippen LogP contribution >= 0.6 is 0 Å². The molecule has 1 aromatic rings. The highest BCUT2D eigenvalue weighted by atomic mass is 16.4. The average molecular weight is 449 g/mol. The topological polar surface area (TPSA) is 61.6 Å². The minimum atomic E-state index is -0.729. The standard InChI is InChI=1S/C26H48N4O2/c1-10-23-24(21(6)30(11-2)27-23)22-12-14-29(15-13-22)20(5)19(4)18(3)16-28(9)17-26(7,8)25(31)32/h18-20,22H,10-17H2,1-9H3,(H,31,32)/t18?,19-,20+/m0/s1. The maximum atomic E-state index is 11.5. The molecule has 3 atom stereocenters. The number of likely N-dealkylation sites (tertiary alicyclic amines) is 1. The number of rotatable bonds is 11. The molecule has 0 saturated carbocycles. The summed E-state index contributed by atoms with van der Waals surface area (Å²) in [5.41, 5.74) is 3.47. The van der Waals surface area contributed by atoms with E-state index in [1.165, 1.54) is 29.8 Å². The summed E-state index contributed by atoms with van der Waals surface area (Å²) in [6.07, 6.45) is 3.43. The average Bonchev–Trinajstić information content (AvgIpc) is 3.07. The van der Waals surface area contributed by atoms with Crippen molar-refractivity contribution in [1.82, 2.24) is 19.6 Å². The van der Waals surface area contributed by atoms with Crippen LogP contribution in [0.4, 0.5) is 0 Å². The quantitative estimate of drug-likeness (QED) is 0.534. The molecular weight excluding hydrogens is 400 g/mol. The van der Waals surface area contributed by atoms with Gasteiger partial charge in [-0.3, -0.25) is 9.48 Å². The number of aromatic nitrogens is 2. The maximum Gasteiger partial charge on any atom is 0.310 e. The Labute approximate surface area is 196 Å². The fourth-order valence-electron chi connectivity index (χ4n) is 5.59. The van der Waals surface area contributed by atoms with Crippen LogP contribution in [0, 0.1) is 24.2 Å². The van der Waals surface area contributed by atoms with Crippen LogP contribution in [0.2, 0.25) is 0 Å². The van der Waals surface area contributed by atoms with Crippen molar-refractivity contribution in [2.75, 3.05) is 33.2 Å². The number of hydrogen-bond donors (Lipinski definition) is 1. The van der Waals surface area contributed by atoms with Crippen LogP contribution in [0.5, 0.6) is 0 Å². The first kappa shape index (κ1) is 26.8. The Balaban J connectivity index is 1.93. The molecule has 2 heterocycles. The van der Waals surface area contributed by atoms with Crippen molar-refractivity contribution in [1.29, 1.82) is 0 Å². The van der Waals surface area contributed by atoms with E-state index in [9.17, 15) is 9.90 Å². The zero-order valence-corrected chi connectivity index (χ0v) is 22.1. The molecule has 1 aliphatic rings. The van der Waals surface area contributed by atoms with Gasteiger partial charge in [-0.2, -0.15) is 5.10 Å². The summed E-state index contributed by atoms with van der Waals surface area (Å²) in [4.78, 5) is 16.3. The molecule has 32 heavy (non-hydrogen) atoms. The van der Waals surface area contributed by atoms with Crippen molar-refractivity contribution < 1.29 is 9.90 Å². The lowest BCUT2D eigenvalue weighted by Crippen LogP contribution is -2.46. The minimum Gasteiger partial charge on any atom is -0.481 e. The van der Waals surface area contributed by atoms with Crippen LogP contribution in [0.3, 0.4) is 0 Å². The van der Waals surface area contributed by atoms with Crippen LogP contribution in [0.15, 0.2) is 0 Å². The lowest BCUT2D eigenvalue weighted by atomic mass is 9.83. The molecule has 0 bridgehead atoms. The summed E-state index contributed by atoms with van der Waals surface area (Å²) >= 11 is 0. The molecule has 0 amide bonds. The third kappa shape index (κ3) is 6.13. The Bertz CT molecular complexity index is 749. The maximum absolute atomic E-state index is 11.5. The van der Waals surface area contributed by atoms with Crippen LogP contribution in [0.1, 0.15) is 84.2 Å². The molecule has 1 unspecified atom stereocenters. The van der Waals surface area contributed by atoms with Gasteiger partial charge >= 0.3 is 5.97 Å². The number of piperidine rings is 1. The van der Waals surface area contributed by atoms with E-state index in [-0.39, 0.29) is 0 Å². The molecule has 6 heteroatoms. The second kappa shape index (κ2) is 11.1. The molecule has 0 spiro atoms. The predicted octanol–water partition coefficient (Wildman–Crippen LogP) is 4.66. The number of carboxylic acids is 1. The van der Waals surface area contributed by atoms with Crippen molar-refractivity contribution in [3.63, 3.8) is 0 Å². The summed E-state index contributed by atoms with van der Waals surface area (Å²) in [6, 6.07) is 0.525. The van der Waals surface area contributed by atoms with Gasteiger partial charge in [-0.25, -0.2) is 0 Å². The molecule has 1 N–H and O–H groups in total. The van der Waals surface area contributed by atoms with Gasteiger partial charge < -0.3 is 14.9 Å². The number of hydrogen-bond acceptors (Lipinski definition) is 4. The molecule has 2 rings (SSSR count). The van der Waals surface area contributed by atoms with Crippen molar-refractivity contribution in [2.45, 2.75) is 93.2 Å². The van der Waals surface area contributed by atoms with Gasteiger partial charge in [0.15, 0.2) is 0 Å². The number of nitrogens with zero attached hydrogens (tertiary/aromatic N) is 4. The largest absolute Gasteiger partial charge is 0.481 e. The first-order chi connectivity index (χ1) is 14.9. The highest BCUT2D eigenvalue weighted by Crippen LogP contribution is 2.35.